The maximum atomic E-state index is 9.80. The van der Waals surface area contributed by atoms with Crippen molar-refractivity contribution in [2.24, 2.45) is 5.92 Å². The zero-order valence-corrected chi connectivity index (χ0v) is 12.1. The van der Waals surface area contributed by atoms with E-state index >= 15 is 0 Å². The van der Waals surface area contributed by atoms with Crippen LogP contribution in [0.3, 0.4) is 0 Å². The third-order valence-electron chi connectivity index (χ3n) is 3.05. The smallest absolute Gasteiger partial charge is 0.123 e. The Kier molecular flexibility index (Phi) is 7.30. The van der Waals surface area contributed by atoms with Crippen LogP contribution in [0.5, 0.6) is 11.5 Å². The van der Waals surface area contributed by atoms with Gasteiger partial charge in [-0.3, -0.25) is 0 Å². The van der Waals surface area contributed by atoms with Gasteiger partial charge in [-0.25, -0.2) is 0 Å². The summed E-state index contributed by atoms with van der Waals surface area (Å²) in [6.45, 7) is 6.10. The lowest BCUT2D eigenvalue weighted by Crippen LogP contribution is -2.33. The van der Waals surface area contributed by atoms with E-state index in [2.05, 4.69) is 19.2 Å². The Hall–Kier alpha value is -1.26. The van der Waals surface area contributed by atoms with Crippen molar-refractivity contribution in [1.29, 1.82) is 0 Å². The average molecular weight is 267 g/mol. The van der Waals surface area contributed by atoms with Gasteiger partial charge in [0.05, 0.1) is 7.11 Å². The van der Waals surface area contributed by atoms with Crippen molar-refractivity contribution >= 4 is 0 Å². The van der Waals surface area contributed by atoms with Crippen LogP contribution in [0.1, 0.15) is 20.3 Å². The monoisotopic (exact) mass is 267 g/mol. The van der Waals surface area contributed by atoms with E-state index in [9.17, 15) is 5.11 Å². The molecule has 0 saturated carbocycles. The largest absolute Gasteiger partial charge is 0.497 e. The molecule has 4 nitrogen and oxygen atoms in total. The molecule has 0 aliphatic heterocycles. The molecule has 0 aromatic heterocycles. The molecule has 1 rings (SSSR count). The number of hydrogen-bond acceptors (Lipinski definition) is 4. The number of methoxy groups -OCH3 is 1. The first-order valence-electron chi connectivity index (χ1n) is 6.81. The van der Waals surface area contributed by atoms with Gasteiger partial charge in [-0.05, 0) is 24.6 Å². The molecule has 19 heavy (non-hydrogen) atoms. The van der Waals surface area contributed by atoms with Crippen molar-refractivity contribution < 1.29 is 14.6 Å². The maximum Gasteiger partial charge on any atom is 0.123 e. The summed E-state index contributed by atoms with van der Waals surface area (Å²) in [6.07, 6.45) is 0.638. The Morgan fingerprint density at radius 2 is 2.00 bits per heavy atom. The van der Waals surface area contributed by atoms with Crippen molar-refractivity contribution in [3.8, 4) is 11.5 Å². The molecule has 0 aliphatic rings. The van der Waals surface area contributed by atoms with Crippen LogP contribution < -0.4 is 14.8 Å². The van der Waals surface area contributed by atoms with Crippen LogP contribution >= 0.6 is 0 Å². The number of aliphatic hydroxyl groups excluding tert-OH is 1. The number of rotatable bonds is 9. The summed E-state index contributed by atoms with van der Waals surface area (Å²) in [5.41, 5.74) is 0. The van der Waals surface area contributed by atoms with Crippen LogP contribution in [0.4, 0.5) is 0 Å². The molecule has 108 valence electrons. The van der Waals surface area contributed by atoms with Gasteiger partial charge in [0, 0.05) is 12.6 Å². The average Bonchev–Trinajstić information content (AvgIpc) is 2.45. The van der Waals surface area contributed by atoms with Gasteiger partial charge in [0.2, 0.25) is 0 Å². The summed E-state index contributed by atoms with van der Waals surface area (Å²) in [5, 5.41) is 13.0. The van der Waals surface area contributed by atoms with E-state index in [-0.39, 0.29) is 6.61 Å². The second kappa shape index (κ2) is 8.77. The van der Waals surface area contributed by atoms with Gasteiger partial charge < -0.3 is 19.9 Å². The molecule has 2 atom stereocenters. The summed E-state index contributed by atoms with van der Waals surface area (Å²) >= 11 is 0. The molecule has 0 radical (unpaired) electrons. The van der Waals surface area contributed by atoms with E-state index in [1.54, 1.807) is 13.2 Å². The molecule has 0 spiro atoms. The summed E-state index contributed by atoms with van der Waals surface area (Å²) in [5.74, 6) is 2.09. The van der Waals surface area contributed by atoms with Gasteiger partial charge in [0.25, 0.3) is 0 Å². The quantitative estimate of drug-likeness (QED) is 0.719. The Bertz CT molecular complexity index is 357. The van der Waals surface area contributed by atoms with Crippen LogP contribution in [0.25, 0.3) is 0 Å². The minimum atomic E-state index is -0.504. The fourth-order valence-electron chi connectivity index (χ4n) is 1.58. The van der Waals surface area contributed by atoms with E-state index in [1.807, 2.05) is 18.2 Å². The summed E-state index contributed by atoms with van der Waals surface area (Å²) in [4.78, 5) is 0. The van der Waals surface area contributed by atoms with E-state index in [4.69, 9.17) is 9.47 Å². The highest BCUT2D eigenvalue weighted by molar-refractivity contribution is 5.32. The van der Waals surface area contributed by atoms with Gasteiger partial charge in [-0.15, -0.1) is 0 Å². The normalized spacial score (nSPS) is 13.9. The molecule has 0 heterocycles. The first-order chi connectivity index (χ1) is 9.15. The molecule has 4 heteroatoms. The van der Waals surface area contributed by atoms with Crippen molar-refractivity contribution in [2.75, 3.05) is 26.8 Å². The zero-order valence-electron chi connectivity index (χ0n) is 12.1. The predicted molar refractivity (Wildman–Crippen MR) is 76.8 cm³/mol. The van der Waals surface area contributed by atoms with Gasteiger partial charge >= 0.3 is 0 Å². The Labute approximate surface area is 115 Å². The topological polar surface area (TPSA) is 50.7 Å². The number of nitrogens with one attached hydrogen (secondary N) is 1. The Morgan fingerprint density at radius 1 is 1.26 bits per heavy atom. The minimum absolute atomic E-state index is 0.278. The molecular formula is C15H25NO3. The molecule has 0 aliphatic carbocycles. The lowest BCUT2D eigenvalue weighted by molar-refractivity contribution is 0.105. The van der Waals surface area contributed by atoms with E-state index in [1.165, 1.54) is 0 Å². The molecule has 0 saturated heterocycles. The summed E-state index contributed by atoms with van der Waals surface area (Å²) in [7, 11) is 1.62. The SMILES string of the molecule is CCC(C)CNCC(O)COc1cccc(OC)c1. The fraction of sp³-hybridized carbons (Fsp3) is 0.600. The first kappa shape index (κ1) is 15.8. The van der Waals surface area contributed by atoms with Gasteiger partial charge in [-0.2, -0.15) is 0 Å². The molecular weight excluding hydrogens is 242 g/mol. The molecule has 1 aromatic rings. The molecule has 2 N–H and O–H groups in total. The standard InChI is InChI=1S/C15H25NO3/c1-4-12(2)9-16-10-13(17)11-19-15-7-5-6-14(8-15)18-3/h5-8,12-13,16-17H,4,9-11H2,1-3H3. The highest BCUT2D eigenvalue weighted by Crippen LogP contribution is 2.18. The first-order valence-corrected chi connectivity index (χ1v) is 6.81. The Balaban J connectivity index is 2.23. The van der Waals surface area contributed by atoms with Gasteiger partial charge in [0.1, 0.15) is 24.2 Å². The van der Waals surface area contributed by atoms with Crippen LogP contribution in [0, 0.1) is 5.92 Å². The third-order valence-corrected chi connectivity index (χ3v) is 3.05. The highest BCUT2D eigenvalue weighted by atomic mass is 16.5. The fourth-order valence-corrected chi connectivity index (χ4v) is 1.58. The van der Waals surface area contributed by atoms with E-state index in [0.717, 1.165) is 18.7 Å². The van der Waals surface area contributed by atoms with Crippen molar-refractivity contribution in [3.05, 3.63) is 24.3 Å². The lowest BCUT2D eigenvalue weighted by atomic mass is 10.1. The lowest BCUT2D eigenvalue weighted by Gasteiger charge is -2.15. The van der Waals surface area contributed by atoms with Crippen molar-refractivity contribution in [1.82, 2.24) is 5.32 Å². The number of benzene rings is 1. The predicted octanol–water partition coefficient (Wildman–Crippen LogP) is 2.07. The third kappa shape index (κ3) is 6.45. The minimum Gasteiger partial charge on any atom is -0.497 e. The van der Waals surface area contributed by atoms with Crippen LogP contribution in [0.2, 0.25) is 0 Å². The zero-order chi connectivity index (χ0) is 14.1. The molecule has 0 fully saturated rings. The van der Waals surface area contributed by atoms with Crippen LogP contribution in [-0.2, 0) is 0 Å². The summed E-state index contributed by atoms with van der Waals surface area (Å²) in [6, 6.07) is 7.37. The number of ether oxygens (including phenoxy) is 2. The van der Waals surface area contributed by atoms with Crippen LogP contribution in [-0.4, -0.2) is 38.0 Å². The van der Waals surface area contributed by atoms with Crippen molar-refractivity contribution in [3.63, 3.8) is 0 Å². The molecule has 2 unspecified atom stereocenters. The van der Waals surface area contributed by atoms with E-state index < -0.39 is 6.10 Å². The number of hydrogen-bond donors (Lipinski definition) is 2. The Morgan fingerprint density at radius 3 is 2.68 bits per heavy atom. The van der Waals surface area contributed by atoms with Gasteiger partial charge in [0.15, 0.2) is 0 Å². The molecule has 1 aromatic carbocycles. The summed E-state index contributed by atoms with van der Waals surface area (Å²) < 4.78 is 10.6. The number of aliphatic hydroxyl groups is 1. The second-order valence-electron chi connectivity index (χ2n) is 4.82. The van der Waals surface area contributed by atoms with Gasteiger partial charge in [-0.1, -0.05) is 26.3 Å². The maximum absolute atomic E-state index is 9.80. The highest BCUT2D eigenvalue weighted by Gasteiger charge is 2.06. The van der Waals surface area contributed by atoms with Crippen LogP contribution in [0.15, 0.2) is 24.3 Å². The molecule has 0 amide bonds. The van der Waals surface area contributed by atoms with Crippen molar-refractivity contribution in [2.45, 2.75) is 26.4 Å². The van der Waals surface area contributed by atoms with E-state index in [0.29, 0.717) is 18.2 Å². The second-order valence-corrected chi connectivity index (χ2v) is 4.82. The molecule has 0 bridgehead atoms.